The third-order valence-electron chi connectivity index (χ3n) is 5.20. The van der Waals surface area contributed by atoms with E-state index >= 15 is 0 Å². The third kappa shape index (κ3) is 6.59. The van der Waals surface area contributed by atoms with Gasteiger partial charge in [-0.05, 0) is 19.3 Å². The summed E-state index contributed by atoms with van der Waals surface area (Å²) in [5, 5.41) is 6.51. The minimum atomic E-state index is -0.243. The van der Waals surface area contributed by atoms with Crippen LogP contribution in [-0.4, -0.2) is 62.6 Å². The summed E-state index contributed by atoms with van der Waals surface area (Å²) in [5.41, 5.74) is 0. The normalized spacial score (nSPS) is 22.3. The highest BCUT2D eigenvalue weighted by Crippen LogP contribution is 2.26. The summed E-state index contributed by atoms with van der Waals surface area (Å²) in [6, 6.07) is 0.201. The zero-order valence-corrected chi connectivity index (χ0v) is 18.5. The Kier molecular flexibility index (Phi) is 10.3. The molecule has 1 saturated carbocycles. The fourth-order valence-electron chi connectivity index (χ4n) is 3.61. The van der Waals surface area contributed by atoms with Crippen molar-refractivity contribution in [3.63, 3.8) is 0 Å². The van der Waals surface area contributed by atoms with E-state index in [0.29, 0.717) is 18.4 Å². The van der Waals surface area contributed by atoms with Crippen molar-refractivity contribution in [2.45, 2.75) is 51.5 Å². The van der Waals surface area contributed by atoms with Crippen LogP contribution < -0.4 is 10.6 Å². The van der Waals surface area contributed by atoms with Crippen molar-refractivity contribution in [3.05, 3.63) is 0 Å². The summed E-state index contributed by atoms with van der Waals surface area (Å²) < 4.78 is 4.73. The molecular weight excluding hydrogens is 447 g/mol. The second kappa shape index (κ2) is 11.6. The van der Waals surface area contributed by atoms with Crippen LogP contribution in [0.25, 0.3) is 0 Å². The Morgan fingerprint density at radius 1 is 1.23 bits per heavy atom. The largest absolute Gasteiger partial charge is 0.469 e. The topological polar surface area (TPSA) is 83.0 Å². The number of methoxy groups -OCH3 is 1. The molecular formula is C18H33IN4O3. The molecule has 2 rings (SSSR count). The van der Waals surface area contributed by atoms with Crippen molar-refractivity contribution in [2.24, 2.45) is 16.8 Å². The van der Waals surface area contributed by atoms with Gasteiger partial charge in [-0.1, -0.05) is 26.2 Å². The van der Waals surface area contributed by atoms with Gasteiger partial charge < -0.3 is 20.3 Å². The molecule has 0 aromatic heterocycles. The lowest BCUT2D eigenvalue weighted by molar-refractivity contribution is -0.144. The number of likely N-dealkylation sites (tertiary alicyclic amines) is 1. The molecule has 2 N–H and O–H groups in total. The van der Waals surface area contributed by atoms with Crippen LogP contribution in [0.2, 0.25) is 0 Å². The molecule has 0 bridgehead atoms. The summed E-state index contributed by atoms with van der Waals surface area (Å²) in [6.45, 7) is 3.81. The zero-order valence-electron chi connectivity index (χ0n) is 16.1. The van der Waals surface area contributed by atoms with Gasteiger partial charge in [0.05, 0.1) is 13.0 Å². The number of guanidine groups is 1. The predicted molar refractivity (Wildman–Crippen MR) is 113 cm³/mol. The Balaban J connectivity index is 0.00000338. The van der Waals surface area contributed by atoms with Crippen molar-refractivity contribution in [2.75, 3.05) is 33.8 Å². The minimum absolute atomic E-state index is 0. The number of halogens is 1. The highest BCUT2D eigenvalue weighted by Gasteiger charge is 2.31. The molecule has 0 radical (unpaired) electrons. The highest BCUT2D eigenvalue weighted by molar-refractivity contribution is 14.0. The lowest BCUT2D eigenvalue weighted by Gasteiger charge is -2.26. The Morgan fingerprint density at radius 3 is 2.54 bits per heavy atom. The SMILES string of the molecule is CN=C(NCC(C)C(=O)OC)NC1CCN(C(=O)C2CCCCC2)C1.I. The van der Waals surface area contributed by atoms with E-state index in [9.17, 15) is 9.59 Å². The quantitative estimate of drug-likeness (QED) is 0.271. The maximum Gasteiger partial charge on any atom is 0.310 e. The van der Waals surface area contributed by atoms with Crippen LogP contribution in [0.5, 0.6) is 0 Å². The number of rotatable bonds is 5. The number of ether oxygens (including phenoxy) is 1. The monoisotopic (exact) mass is 480 g/mol. The van der Waals surface area contributed by atoms with Crippen molar-refractivity contribution in [3.8, 4) is 0 Å². The zero-order chi connectivity index (χ0) is 18.2. The molecule has 26 heavy (non-hydrogen) atoms. The number of esters is 1. The molecule has 2 unspecified atom stereocenters. The number of hydrogen-bond acceptors (Lipinski definition) is 4. The van der Waals surface area contributed by atoms with Crippen LogP contribution in [0.3, 0.4) is 0 Å². The van der Waals surface area contributed by atoms with Crippen molar-refractivity contribution in [1.82, 2.24) is 15.5 Å². The fraction of sp³-hybridized carbons (Fsp3) is 0.833. The molecule has 2 atom stereocenters. The van der Waals surface area contributed by atoms with Gasteiger partial charge in [0, 0.05) is 38.6 Å². The van der Waals surface area contributed by atoms with Crippen LogP contribution >= 0.6 is 24.0 Å². The Morgan fingerprint density at radius 2 is 1.92 bits per heavy atom. The van der Waals surface area contributed by atoms with Gasteiger partial charge in [0.2, 0.25) is 5.91 Å². The Labute approximate surface area is 173 Å². The number of hydrogen-bond donors (Lipinski definition) is 2. The molecule has 8 heteroatoms. The molecule has 150 valence electrons. The summed E-state index contributed by atoms with van der Waals surface area (Å²) in [5.74, 6) is 0.731. The van der Waals surface area contributed by atoms with E-state index in [4.69, 9.17) is 4.74 Å². The maximum atomic E-state index is 12.6. The average molecular weight is 480 g/mol. The first kappa shape index (κ1) is 23.0. The molecule has 1 aliphatic heterocycles. The average Bonchev–Trinajstić information content (AvgIpc) is 3.12. The first-order chi connectivity index (χ1) is 12.0. The van der Waals surface area contributed by atoms with Gasteiger partial charge in [-0.25, -0.2) is 0 Å². The van der Waals surface area contributed by atoms with Crippen molar-refractivity contribution in [1.29, 1.82) is 0 Å². The summed E-state index contributed by atoms with van der Waals surface area (Å²) in [7, 11) is 3.10. The van der Waals surface area contributed by atoms with Crippen LogP contribution in [0.4, 0.5) is 0 Å². The molecule has 0 aromatic carbocycles. The molecule has 1 aliphatic carbocycles. The van der Waals surface area contributed by atoms with E-state index in [2.05, 4.69) is 15.6 Å². The van der Waals surface area contributed by atoms with E-state index in [1.54, 1.807) is 7.05 Å². The summed E-state index contributed by atoms with van der Waals surface area (Å²) in [4.78, 5) is 30.3. The smallest absolute Gasteiger partial charge is 0.310 e. The second-order valence-corrected chi connectivity index (χ2v) is 7.13. The minimum Gasteiger partial charge on any atom is -0.469 e. The number of nitrogens with zero attached hydrogens (tertiary/aromatic N) is 2. The molecule has 1 heterocycles. The predicted octanol–water partition coefficient (Wildman–Crippen LogP) is 1.76. The molecule has 1 saturated heterocycles. The molecule has 7 nitrogen and oxygen atoms in total. The number of nitrogens with one attached hydrogen (secondary N) is 2. The van der Waals surface area contributed by atoms with Gasteiger partial charge in [0.25, 0.3) is 0 Å². The first-order valence-corrected chi connectivity index (χ1v) is 9.39. The third-order valence-corrected chi connectivity index (χ3v) is 5.20. The van der Waals surface area contributed by atoms with Crippen LogP contribution in [0.15, 0.2) is 4.99 Å². The van der Waals surface area contributed by atoms with Crippen LogP contribution in [-0.2, 0) is 14.3 Å². The van der Waals surface area contributed by atoms with E-state index in [-0.39, 0.29) is 47.8 Å². The number of aliphatic imine (C=N–C) groups is 1. The van der Waals surface area contributed by atoms with Gasteiger partial charge in [0.15, 0.2) is 5.96 Å². The van der Waals surface area contributed by atoms with Gasteiger partial charge in [0.1, 0.15) is 0 Å². The number of amides is 1. The van der Waals surface area contributed by atoms with Gasteiger partial charge in [-0.2, -0.15) is 0 Å². The highest BCUT2D eigenvalue weighted by atomic mass is 127. The number of carbonyl (C=O) groups excluding carboxylic acids is 2. The molecule has 2 fully saturated rings. The van der Waals surface area contributed by atoms with Crippen molar-refractivity contribution >= 4 is 41.8 Å². The van der Waals surface area contributed by atoms with E-state index in [1.165, 1.54) is 26.4 Å². The molecule has 0 aromatic rings. The summed E-state index contributed by atoms with van der Waals surface area (Å²) in [6.07, 6.45) is 6.64. The maximum absolute atomic E-state index is 12.6. The van der Waals surface area contributed by atoms with E-state index in [0.717, 1.165) is 32.4 Å². The van der Waals surface area contributed by atoms with Gasteiger partial charge >= 0.3 is 5.97 Å². The molecule has 1 amide bonds. The summed E-state index contributed by atoms with van der Waals surface area (Å²) >= 11 is 0. The lowest BCUT2D eigenvalue weighted by Crippen LogP contribution is -2.47. The standard InChI is InChI=1S/C18H32N4O3.HI/c1-13(17(24)25-3)11-20-18(19-2)21-15-9-10-22(12-15)16(23)14-7-5-4-6-8-14;/h13-15H,4-12H2,1-3H3,(H2,19,20,21);1H. The second-order valence-electron chi connectivity index (χ2n) is 7.13. The van der Waals surface area contributed by atoms with Crippen molar-refractivity contribution < 1.29 is 14.3 Å². The fourth-order valence-corrected chi connectivity index (χ4v) is 3.61. The Hall–Kier alpha value is -1.06. The Bertz CT molecular complexity index is 495. The van der Waals surface area contributed by atoms with E-state index in [1.807, 2.05) is 11.8 Å². The van der Waals surface area contributed by atoms with E-state index < -0.39 is 0 Å². The van der Waals surface area contributed by atoms with Gasteiger partial charge in [-0.3, -0.25) is 14.6 Å². The lowest BCUT2D eigenvalue weighted by atomic mass is 9.88. The molecule has 2 aliphatic rings. The van der Waals surface area contributed by atoms with Crippen LogP contribution in [0.1, 0.15) is 45.4 Å². The molecule has 0 spiro atoms. The van der Waals surface area contributed by atoms with Crippen LogP contribution in [0, 0.1) is 11.8 Å². The number of carbonyl (C=O) groups is 2. The van der Waals surface area contributed by atoms with Gasteiger partial charge in [-0.15, -0.1) is 24.0 Å². The first-order valence-electron chi connectivity index (χ1n) is 9.39.